The Morgan fingerprint density at radius 2 is 0.746 bits per heavy atom. The minimum Gasteiger partial charge on any atom is -0.463 e. The molecule has 2 fully saturated rings. The van der Waals surface area contributed by atoms with Gasteiger partial charge in [-0.25, -0.2) is 0 Å². The molecule has 0 amide bonds. The Bertz CT molecular complexity index is 2020. The van der Waals surface area contributed by atoms with E-state index >= 15 is 0 Å². The lowest BCUT2D eigenvalue weighted by Crippen LogP contribution is -2.64. The highest BCUT2D eigenvalue weighted by Gasteiger charge is 2.54. The van der Waals surface area contributed by atoms with E-state index in [1.54, 1.807) is 0 Å². The zero-order chi connectivity index (χ0) is 44.6. The van der Waals surface area contributed by atoms with E-state index in [4.69, 9.17) is 52.1 Å². The zero-order valence-electron chi connectivity index (χ0n) is 35.7. The molecule has 0 aromatic heterocycles. The van der Waals surface area contributed by atoms with Gasteiger partial charge in [0, 0.05) is 27.7 Å². The van der Waals surface area contributed by atoms with E-state index in [0.717, 1.165) is 43.0 Å². The second-order valence-electron chi connectivity index (χ2n) is 15.0. The van der Waals surface area contributed by atoms with Gasteiger partial charge in [-0.3, -0.25) is 19.2 Å². The second kappa shape index (κ2) is 23.8. The summed E-state index contributed by atoms with van der Waals surface area (Å²) in [6, 6.07) is 38.5. The van der Waals surface area contributed by atoms with Gasteiger partial charge in [0.15, 0.2) is 30.9 Å². The highest BCUT2D eigenvalue weighted by atomic mass is 16.8. The van der Waals surface area contributed by atoms with Crippen molar-refractivity contribution in [3.8, 4) is 0 Å². The molecule has 2 aliphatic rings. The first-order valence-electron chi connectivity index (χ1n) is 20.7. The molecule has 0 unspecified atom stereocenters. The van der Waals surface area contributed by atoms with Crippen LogP contribution in [0.2, 0.25) is 0 Å². The number of rotatable bonds is 20. The molecule has 0 N–H and O–H groups in total. The lowest BCUT2D eigenvalue weighted by Gasteiger charge is -2.47. The van der Waals surface area contributed by atoms with E-state index in [1.165, 1.54) is 6.92 Å². The van der Waals surface area contributed by atoms with Crippen molar-refractivity contribution in [2.24, 2.45) is 0 Å². The van der Waals surface area contributed by atoms with Gasteiger partial charge in [-0.05, 0) is 22.3 Å². The molecule has 2 aliphatic heterocycles. The third kappa shape index (κ3) is 14.2. The monoisotopic (exact) mass is 870 g/mol. The number of hydrogen-bond donors (Lipinski definition) is 0. The molecule has 2 saturated heterocycles. The maximum Gasteiger partial charge on any atom is 0.303 e. The van der Waals surface area contributed by atoms with Gasteiger partial charge in [0.2, 0.25) is 0 Å². The zero-order valence-corrected chi connectivity index (χ0v) is 35.7. The normalized spacial score (nSPS) is 25.7. The third-order valence-corrected chi connectivity index (χ3v) is 10.1. The Labute approximate surface area is 366 Å². The Balaban J connectivity index is 1.37. The topological polar surface area (TPSA) is 170 Å². The van der Waals surface area contributed by atoms with Gasteiger partial charge in [0.1, 0.15) is 37.1 Å². The Kier molecular flexibility index (Phi) is 17.7. The third-order valence-electron chi connectivity index (χ3n) is 10.1. The number of benzene rings is 4. The first-order chi connectivity index (χ1) is 30.5. The van der Waals surface area contributed by atoms with Crippen molar-refractivity contribution in [3.63, 3.8) is 0 Å². The molecule has 2 heterocycles. The predicted octanol–water partition coefficient (Wildman–Crippen LogP) is 5.78. The fourth-order valence-electron chi connectivity index (χ4n) is 7.28. The SMILES string of the molecule is CC(=O)OC[C@H]1O[C@H](OC[C@H]2O[C@H](OCc3ccccc3)[C@@H](OCc3ccccc3)[C@@H](OCc3ccccc3)[C@@H]2OCc2ccccc2)[C@@H](OC(C)=O)[C@@H](OC(C)=O)[C@@H]1OC(C)=O. The molecule has 0 spiro atoms. The van der Waals surface area contributed by atoms with Crippen LogP contribution in [-0.4, -0.2) is 98.5 Å². The average molecular weight is 871 g/mol. The molecule has 63 heavy (non-hydrogen) atoms. The van der Waals surface area contributed by atoms with Crippen LogP contribution in [0.1, 0.15) is 49.9 Å². The van der Waals surface area contributed by atoms with Gasteiger partial charge >= 0.3 is 23.9 Å². The number of carbonyl (C=O) groups excluding carboxylic acids is 4. The molecule has 0 radical (unpaired) electrons. The van der Waals surface area contributed by atoms with Gasteiger partial charge in [0.25, 0.3) is 0 Å². The Morgan fingerprint density at radius 1 is 0.381 bits per heavy atom. The van der Waals surface area contributed by atoms with Crippen LogP contribution < -0.4 is 0 Å². The van der Waals surface area contributed by atoms with Crippen molar-refractivity contribution in [1.29, 1.82) is 0 Å². The molecule has 0 saturated carbocycles. The van der Waals surface area contributed by atoms with E-state index in [9.17, 15) is 19.2 Å². The number of ether oxygens (including phenoxy) is 11. The highest BCUT2D eigenvalue weighted by molar-refractivity contribution is 5.68. The lowest BCUT2D eigenvalue weighted by atomic mass is 9.97. The van der Waals surface area contributed by atoms with Crippen LogP contribution in [0.4, 0.5) is 0 Å². The summed E-state index contributed by atoms with van der Waals surface area (Å²) in [5.41, 5.74) is 3.58. The second-order valence-corrected chi connectivity index (χ2v) is 15.0. The summed E-state index contributed by atoms with van der Waals surface area (Å²) in [6.45, 7) is 4.61. The number of esters is 4. The minimum atomic E-state index is -1.48. The standard InChI is InChI=1S/C48H54O15/c1-31(49)53-29-40-42(59-32(2)50)44(60-33(3)51)46(61-34(4)52)48(63-40)58-30-39-41(54-25-35-17-9-5-10-18-35)43(55-26-36-19-11-6-12-20-36)45(56-27-37-21-13-7-14-22-37)47(62-39)57-28-38-23-15-8-16-24-38/h5-24,39-48H,25-30H2,1-4H3/t39-,40-,41-,42-,43+,44+,45+,46+,47+,48+/m1/s1. The first kappa shape index (κ1) is 47.0. The van der Waals surface area contributed by atoms with Gasteiger partial charge in [-0.15, -0.1) is 0 Å². The maximum atomic E-state index is 12.6. The summed E-state index contributed by atoms with van der Waals surface area (Å²) in [6.07, 6.45) is -11.6. The smallest absolute Gasteiger partial charge is 0.303 e. The minimum absolute atomic E-state index is 0.149. The van der Waals surface area contributed by atoms with E-state index in [1.807, 2.05) is 121 Å². The molecule has 6 rings (SSSR count). The predicted molar refractivity (Wildman–Crippen MR) is 223 cm³/mol. The molecular formula is C48H54O15. The average Bonchev–Trinajstić information content (AvgIpc) is 3.27. The summed E-state index contributed by atoms with van der Waals surface area (Å²) >= 11 is 0. The summed E-state index contributed by atoms with van der Waals surface area (Å²) in [5.74, 6) is -2.94. The quantitative estimate of drug-likeness (QED) is 0.0773. The van der Waals surface area contributed by atoms with Crippen LogP contribution in [0.3, 0.4) is 0 Å². The largest absolute Gasteiger partial charge is 0.463 e. The van der Waals surface area contributed by atoms with Crippen molar-refractivity contribution < 1.29 is 71.3 Å². The van der Waals surface area contributed by atoms with Crippen LogP contribution >= 0.6 is 0 Å². The van der Waals surface area contributed by atoms with E-state index in [0.29, 0.717) is 0 Å². The molecule has 15 heteroatoms. The highest BCUT2D eigenvalue weighted by Crippen LogP contribution is 2.34. The maximum absolute atomic E-state index is 12.6. The van der Waals surface area contributed by atoms with E-state index in [2.05, 4.69) is 0 Å². The Morgan fingerprint density at radius 3 is 1.19 bits per heavy atom. The van der Waals surface area contributed by atoms with Gasteiger partial charge < -0.3 is 52.1 Å². The van der Waals surface area contributed by atoms with Crippen LogP contribution in [0.25, 0.3) is 0 Å². The number of hydrogen-bond acceptors (Lipinski definition) is 15. The number of carbonyl (C=O) groups is 4. The van der Waals surface area contributed by atoms with Gasteiger partial charge in [-0.1, -0.05) is 121 Å². The van der Waals surface area contributed by atoms with Crippen molar-refractivity contribution in [2.45, 2.75) is 116 Å². The summed E-state index contributed by atoms with van der Waals surface area (Å²) in [7, 11) is 0. The van der Waals surface area contributed by atoms with Crippen LogP contribution in [0, 0.1) is 0 Å². The van der Waals surface area contributed by atoms with E-state index in [-0.39, 0.29) is 33.0 Å². The fraction of sp³-hybridized carbons (Fsp3) is 0.417. The summed E-state index contributed by atoms with van der Waals surface area (Å²) in [5, 5.41) is 0. The van der Waals surface area contributed by atoms with Gasteiger partial charge in [-0.2, -0.15) is 0 Å². The first-order valence-corrected chi connectivity index (χ1v) is 20.7. The van der Waals surface area contributed by atoms with Crippen molar-refractivity contribution >= 4 is 23.9 Å². The molecule has 4 aromatic rings. The van der Waals surface area contributed by atoms with Crippen molar-refractivity contribution in [1.82, 2.24) is 0 Å². The lowest BCUT2D eigenvalue weighted by molar-refractivity contribution is -0.347. The van der Waals surface area contributed by atoms with Gasteiger partial charge in [0.05, 0.1) is 33.0 Å². The molecule has 4 aromatic carbocycles. The molecule has 15 nitrogen and oxygen atoms in total. The van der Waals surface area contributed by atoms with Crippen molar-refractivity contribution in [3.05, 3.63) is 144 Å². The molecule has 10 atom stereocenters. The molecule has 336 valence electrons. The summed E-state index contributed by atoms with van der Waals surface area (Å²) in [4.78, 5) is 49.4. The van der Waals surface area contributed by atoms with Crippen LogP contribution in [0.15, 0.2) is 121 Å². The molecule has 0 bridgehead atoms. The van der Waals surface area contributed by atoms with E-state index < -0.39 is 91.9 Å². The van der Waals surface area contributed by atoms with Crippen molar-refractivity contribution in [2.75, 3.05) is 13.2 Å². The molecular weight excluding hydrogens is 817 g/mol. The Hall–Kier alpha value is -5.52. The van der Waals surface area contributed by atoms with Crippen LogP contribution in [-0.2, 0) is 97.7 Å². The summed E-state index contributed by atoms with van der Waals surface area (Å²) < 4.78 is 68.5. The van der Waals surface area contributed by atoms with Crippen LogP contribution in [0.5, 0.6) is 0 Å². The fourth-order valence-corrected chi connectivity index (χ4v) is 7.28. The molecule has 0 aliphatic carbocycles.